The fourth-order valence-electron chi connectivity index (χ4n) is 2.55. The molecule has 1 heterocycles. The van der Waals surface area contributed by atoms with E-state index in [1.54, 1.807) is 12.1 Å². The Hall–Kier alpha value is -3.62. The average Bonchev–Trinajstić information content (AvgIpc) is 2.66. The molecule has 0 aliphatic heterocycles. The summed E-state index contributed by atoms with van der Waals surface area (Å²) in [7, 11) is 0. The summed E-state index contributed by atoms with van der Waals surface area (Å²) in [6.07, 6.45) is 1.26. The standard InChI is InChI=1S/C19H16F2N4O3/c1-11-2-5-16-13(6-11)19(28)25(10-23-16)9-18(27)22-8-17(26)24-12-3-4-14(20)15(21)7-12/h2-7,10H,8-9H2,1H3,(H,22,27)(H,24,26). The molecule has 3 rings (SSSR count). The van der Waals surface area contributed by atoms with Crippen LogP contribution in [0.4, 0.5) is 14.5 Å². The van der Waals surface area contributed by atoms with Gasteiger partial charge in [-0.3, -0.25) is 19.0 Å². The smallest absolute Gasteiger partial charge is 0.261 e. The van der Waals surface area contributed by atoms with Crippen LogP contribution in [0.5, 0.6) is 0 Å². The summed E-state index contributed by atoms with van der Waals surface area (Å²) in [5.74, 6) is -3.33. The van der Waals surface area contributed by atoms with Crippen LogP contribution in [0.15, 0.2) is 47.5 Å². The number of aromatic nitrogens is 2. The molecule has 7 nitrogen and oxygen atoms in total. The van der Waals surface area contributed by atoms with Gasteiger partial charge in [0.25, 0.3) is 5.56 Å². The third kappa shape index (κ3) is 4.37. The fraction of sp³-hybridized carbons (Fsp3) is 0.158. The van der Waals surface area contributed by atoms with Crippen LogP contribution in [-0.4, -0.2) is 27.9 Å². The van der Waals surface area contributed by atoms with Gasteiger partial charge in [-0.2, -0.15) is 0 Å². The number of fused-ring (bicyclic) bond motifs is 1. The number of halogens is 2. The van der Waals surface area contributed by atoms with Crippen molar-refractivity contribution in [3.63, 3.8) is 0 Å². The van der Waals surface area contributed by atoms with Gasteiger partial charge in [-0.15, -0.1) is 0 Å². The van der Waals surface area contributed by atoms with E-state index in [2.05, 4.69) is 15.6 Å². The van der Waals surface area contributed by atoms with Crippen LogP contribution in [0, 0.1) is 18.6 Å². The molecule has 0 aliphatic carbocycles. The largest absolute Gasteiger partial charge is 0.345 e. The first-order valence-corrected chi connectivity index (χ1v) is 8.31. The van der Waals surface area contributed by atoms with Crippen LogP contribution in [0.2, 0.25) is 0 Å². The molecule has 1 aromatic heterocycles. The van der Waals surface area contributed by atoms with Gasteiger partial charge in [0.1, 0.15) is 6.54 Å². The molecule has 0 spiro atoms. The Morgan fingerprint density at radius 2 is 1.86 bits per heavy atom. The van der Waals surface area contributed by atoms with E-state index in [0.29, 0.717) is 10.9 Å². The first-order valence-electron chi connectivity index (χ1n) is 8.31. The van der Waals surface area contributed by atoms with E-state index in [1.165, 1.54) is 12.4 Å². The Balaban J connectivity index is 1.60. The maximum atomic E-state index is 13.1. The van der Waals surface area contributed by atoms with Gasteiger partial charge in [-0.05, 0) is 31.2 Å². The van der Waals surface area contributed by atoms with E-state index in [4.69, 9.17) is 0 Å². The summed E-state index contributed by atoms with van der Waals surface area (Å²) in [4.78, 5) is 40.4. The molecule has 144 valence electrons. The Morgan fingerprint density at radius 3 is 2.61 bits per heavy atom. The molecule has 0 saturated heterocycles. The molecule has 2 aromatic carbocycles. The lowest BCUT2D eigenvalue weighted by Crippen LogP contribution is -2.37. The number of hydrogen-bond donors (Lipinski definition) is 2. The highest BCUT2D eigenvalue weighted by atomic mass is 19.2. The molecule has 9 heteroatoms. The predicted octanol–water partition coefficient (Wildman–Crippen LogP) is 1.74. The molecule has 28 heavy (non-hydrogen) atoms. The van der Waals surface area contributed by atoms with Crippen molar-refractivity contribution in [2.24, 2.45) is 0 Å². The van der Waals surface area contributed by atoms with Crippen molar-refractivity contribution in [1.29, 1.82) is 0 Å². The summed E-state index contributed by atoms with van der Waals surface area (Å²) < 4.78 is 27.1. The molecule has 2 amide bonds. The van der Waals surface area contributed by atoms with Crippen molar-refractivity contribution in [2.75, 3.05) is 11.9 Å². The highest BCUT2D eigenvalue weighted by Gasteiger charge is 2.11. The summed E-state index contributed by atoms with van der Waals surface area (Å²) >= 11 is 0. The zero-order valence-corrected chi connectivity index (χ0v) is 14.8. The highest BCUT2D eigenvalue weighted by Crippen LogP contribution is 2.12. The number of carbonyl (C=O) groups is 2. The van der Waals surface area contributed by atoms with Crippen molar-refractivity contribution in [1.82, 2.24) is 14.9 Å². The third-order valence-corrected chi connectivity index (χ3v) is 3.94. The molecule has 0 atom stereocenters. The average molecular weight is 386 g/mol. The first kappa shape index (κ1) is 19.2. The number of carbonyl (C=O) groups excluding carboxylic acids is 2. The highest BCUT2D eigenvalue weighted by molar-refractivity contribution is 5.94. The van der Waals surface area contributed by atoms with E-state index >= 15 is 0 Å². The zero-order chi connectivity index (χ0) is 20.3. The minimum atomic E-state index is -1.10. The van der Waals surface area contributed by atoms with E-state index in [0.717, 1.165) is 22.3 Å². The number of rotatable bonds is 5. The summed E-state index contributed by atoms with van der Waals surface area (Å²) in [5, 5.41) is 5.08. The van der Waals surface area contributed by atoms with Crippen molar-refractivity contribution in [2.45, 2.75) is 13.5 Å². The molecule has 0 aliphatic rings. The third-order valence-electron chi connectivity index (χ3n) is 3.94. The number of nitrogens with zero attached hydrogens (tertiary/aromatic N) is 2. The van der Waals surface area contributed by atoms with Crippen LogP contribution < -0.4 is 16.2 Å². The number of anilines is 1. The van der Waals surface area contributed by atoms with Crippen LogP contribution >= 0.6 is 0 Å². The van der Waals surface area contributed by atoms with Gasteiger partial charge in [0.2, 0.25) is 11.8 Å². The minimum absolute atomic E-state index is 0.0588. The Labute approximate surface area is 158 Å². The van der Waals surface area contributed by atoms with Crippen molar-refractivity contribution in [3.05, 3.63) is 70.3 Å². The van der Waals surface area contributed by atoms with Crippen LogP contribution in [0.1, 0.15) is 5.56 Å². The van der Waals surface area contributed by atoms with Crippen molar-refractivity contribution < 1.29 is 18.4 Å². The zero-order valence-electron chi connectivity index (χ0n) is 14.8. The number of benzene rings is 2. The number of nitrogens with one attached hydrogen (secondary N) is 2. The second-order valence-corrected chi connectivity index (χ2v) is 6.15. The molecule has 2 N–H and O–H groups in total. The second kappa shape index (κ2) is 7.95. The van der Waals surface area contributed by atoms with Gasteiger partial charge < -0.3 is 10.6 Å². The predicted molar refractivity (Wildman–Crippen MR) is 98.7 cm³/mol. The van der Waals surface area contributed by atoms with E-state index < -0.39 is 30.0 Å². The molecular formula is C19H16F2N4O3. The molecule has 0 unspecified atom stereocenters. The second-order valence-electron chi connectivity index (χ2n) is 6.15. The lowest BCUT2D eigenvalue weighted by Gasteiger charge is -2.09. The molecule has 3 aromatic rings. The molecule has 0 saturated carbocycles. The molecule has 0 fully saturated rings. The maximum Gasteiger partial charge on any atom is 0.261 e. The van der Waals surface area contributed by atoms with Crippen LogP contribution in [0.25, 0.3) is 10.9 Å². The molecular weight excluding hydrogens is 370 g/mol. The van der Waals surface area contributed by atoms with Crippen molar-refractivity contribution >= 4 is 28.4 Å². The Bertz CT molecular complexity index is 1130. The van der Waals surface area contributed by atoms with E-state index in [-0.39, 0.29) is 17.8 Å². The maximum absolute atomic E-state index is 13.1. The van der Waals surface area contributed by atoms with Gasteiger partial charge in [0, 0.05) is 11.8 Å². The van der Waals surface area contributed by atoms with Crippen LogP contribution in [-0.2, 0) is 16.1 Å². The van der Waals surface area contributed by atoms with Gasteiger partial charge in [0.15, 0.2) is 11.6 Å². The SMILES string of the molecule is Cc1ccc2ncn(CC(=O)NCC(=O)Nc3ccc(F)c(F)c3)c(=O)c2c1. The first-order chi connectivity index (χ1) is 13.3. The van der Waals surface area contributed by atoms with Gasteiger partial charge in [0.05, 0.1) is 23.8 Å². The topological polar surface area (TPSA) is 93.1 Å². The minimum Gasteiger partial charge on any atom is -0.345 e. The Kier molecular flexibility index (Phi) is 5.44. The van der Waals surface area contributed by atoms with Gasteiger partial charge in [-0.1, -0.05) is 11.6 Å². The van der Waals surface area contributed by atoms with Crippen molar-refractivity contribution in [3.8, 4) is 0 Å². The Morgan fingerprint density at radius 1 is 1.07 bits per heavy atom. The molecule has 0 radical (unpaired) electrons. The summed E-state index contributed by atoms with van der Waals surface area (Å²) in [5.41, 5.74) is 1.11. The normalized spacial score (nSPS) is 10.7. The lowest BCUT2D eigenvalue weighted by atomic mass is 10.2. The fourth-order valence-corrected chi connectivity index (χ4v) is 2.55. The van der Waals surface area contributed by atoms with Gasteiger partial charge in [-0.25, -0.2) is 13.8 Å². The van der Waals surface area contributed by atoms with E-state index in [9.17, 15) is 23.2 Å². The lowest BCUT2D eigenvalue weighted by molar-refractivity contribution is -0.124. The monoisotopic (exact) mass is 386 g/mol. The number of hydrogen-bond acceptors (Lipinski definition) is 4. The van der Waals surface area contributed by atoms with Gasteiger partial charge >= 0.3 is 0 Å². The van der Waals surface area contributed by atoms with Crippen LogP contribution in [0.3, 0.4) is 0 Å². The molecule has 0 bridgehead atoms. The number of amides is 2. The quantitative estimate of drug-likeness (QED) is 0.699. The number of aryl methyl sites for hydroxylation is 1. The summed E-state index contributed by atoms with van der Waals surface area (Å²) in [6.45, 7) is 1.13. The van der Waals surface area contributed by atoms with E-state index in [1.807, 2.05) is 13.0 Å². The summed E-state index contributed by atoms with van der Waals surface area (Å²) in [6, 6.07) is 8.15.